The molecule has 2 amide bonds. The van der Waals surface area contributed by atoms with Crippen LogP contribution in [0.3, 0.4) is 0 Å². The third kappa shape index (κ3) is 3.77. The largest absolute Gasteiger partial charge is 0.392 e. The summed E-state index contributed by atoms with van der Waals surface area (Å²) in [7, 11) is 0. The van der Waals surface area contributed by atoms with Gasteiger partial charge in [0.15, 0.2) is 0 Å². The maximum absolute atomic E-state index is 11.9. The van der Waals surface area contributed by atoms with Gasteiger partial charge in [-0.1, -0.05) is 6.07 Å². The molecule has 0 saturated carbocycles. The van der Waals surface area contributed by atoms with Crippen LogP contribution >= 0.6 is 0 Å². The van der Waals surface area contributed by atoms with Crippen molar-refractivity contribution in [1.29, 1.82) is 0 Å². The molecule has 0 bridgehead atoms. The van der Waals surface area contributed by atoms with E-state index < -0.39 is 6.10 Å². The van der Waals surface area contributed by atoms with Crippen molar-refractivity contribution in [3.8, 4) is 0 Å². The normalized spacial score (nSPS) is 22.0. The van der Waals surface area contributed by atoms with Crippen LogP contribution in [0.2, 0.25) is 0 Å². The van der Waals surface area contributed by atoms with Gasteiger partial charge < -0.3 is 21.1 Å². The number of amides is 2. The van der Waals surface area contributed by atoms with E-state index in [9.17, 15) is 14.7 Å². The molecular formula is C13H17N3O3. The molecule has 2 unspecified atom stereocenters. The lowest BCUT2D eigenvalue weighted by molar-refractivity contribution is -0.118. The number of hydrogen-bond donors (Lipinski definition) is 4. The SMILES string of the molecule is CC(=O)Nc1cccc(NC(=O)C2CC(O)CN2)c1. The van der Waals surface area contributed by atoms with Crippen LogP contribution in [0.4, 0.5) is 11.4 Å². The van der Waals surface area contributed by atoms with E-state index in [2.05, 4.69) is 16.0 Å². The number of anilines is 2. The Morgan fingerprint density at radius 1 is 1.32 bits per heavy atom. The van der Waals surface area contributed by atoms with Crippen LogP contribution in [-0.4, -0.2) is 35.6 Å². The first kappa shape index (κ1) is 13.5. The Morgan fingerprint density at radius 2 is 2.00 bits per heavy atom. The van der Waals surface area contributed by atoms with E-state index in [0.29, 0.717) is 24.3 Å². The molecule has 1 aliphatic heterocycles. The van der Waals surface area contributed by atoms with Gasteiger partial charge in [-0.2, -0.15) is 0 Å². The fourth-order valence-corrected chi connectivity index (χ4v) is 2.02. The third-order valence-corrected chi connectivity index (χ3v) is 2.87. The molecule has 0 radical (unpaired) electrons. The number of benzene rings is 1. The van der Waals surface area contributed by atoms with Crippen molar-refractivity contribution in [3.63, 3.8) is 0 Å². The van der Waals surface area contributed by atoms with Crippen LogP contribution in [0.15, 0.2) is 24.3 Å². The van der Waals surface area contributed by atoms with E-state index in [1.165, 1.54) is 6.92 Å². The molecule has 1 heterocycles. The molecular weight excluding hydrogens is 246 g/mol. The summed E-state index contributed by atoms with van der Waals surface area (Å²) >= 11 is 0. The molecule has 2 atom stereocenters. The van der Waals surface area contributed by atoms with Crippen LogP contribution in [0.5, 0.6) is 0 Å². The molecule has 1 aromatic rings. The van der Waals surface area contributed by atoms with Gasteiger partial charge in [-0.05, 0) is 24.6 Å². The van der Waals surface area contributed by atoms with Gasteiger partial charge >= 0.3 is 0 Å². The summed E-state index contributed by atoms with van der Waals surface area (Å²) in [5.41, 5.74) is 1.24. The highest BCUT2D eigenvalue weighted by Gasteiger charge is 2.27. The zero-order valence-corrected chi connectivity index (χ0v) is 10.6. The maximum atomic E-state index is 11.9. The van der Waals surface area contributed by atoms with Gasteiger partial charge in [0.25, 0.3) is 0 Å². The topological polar surface area (TPSA) is 90.5 Å². The van der Waals surface area contributed by atoms with E-state index in [4.69, 9.17) is 0 Å². The maximum Gasteiger partial charge on any atom is 0.241 e. The number of carbonyl (C=O) groups excluding carboxylic acids is 2. The molecule has 1 aromatic carbocycles. The van der Waals surface area contributed by atoms with Crippen molar-refractivity contribution in [2.75, 3.05) is 17.2 Å². The molecule has 0 aromatic heterocycles. The van der Waals surface area contributed by atoms with Crippen molar-refractivity contribution in [3.05, 3.63) is 24.3 Å². The Labute approximate surface area is 111 Å². The molecule has 1 saturated heterocycles. The monoisotopic (exact) mass is 263 g/mol. The summed E-state index contributed by atoms with van der Waals surface area (Å²) in [6.45, 7) is 1.86. The highest BCUT2D eigenvalue weighted by atomic mass is 16.3. The molecule has 0 spiro atoms. The predicted octanol–water partition coefficient (Wildman–Crippen LogP) is 0.306. The van der Waals surface area contributed by atoms with E-state index in [-0.39, 0.29) is 17.9 Å². The van der Waals surface area contributed by atoms with E-state index >= 15 is 0 Å². The van der Waals surface area contributed by atoms with Crippen molar-refractivity contribution < 1.29 is 14.7 Å². The molecule has 6 heteroatoms. The molecule has 1 aliphatic rings. The Hall–Kier alpha value is -1.92. The van der Waals surface area contributed by atoms with Crippen molar-refractivity contribution in [2.24, 2.45) is 0 Å². The van der Waals surface area contributed by atoms with E-state index in [0.717, 1.165) is 0 Å². The molecule has 2 rings (SSSR count). The van der Waals surface area contributed by atoms with Crippen LogP contribution in [0, 0.1) is 0 Å². The van der Waals surface area contributed by atoms with Gasteiger partial charge in [-0.25, -0.2) is 0 Å². The van der Waals surface area contributed by atoms with Crippen molar-refractivity contribution in [2.45, 2.75) is 25.5 Å². The summed E-state index contributed by atoms with van der Waals surface area (Å²) in [4.78, 5) is 22.9. The van der Waals surface area contributed by atoms with Crippen molar-refractivity contribution in [1.82, 2.24) is 5.32 Å². The van der Waals surface area contributed by atoms with Crippen LogP contribution in [-0.2, 0) is 9.59 Å². The first-order chi connectivity index (χ1) is 9.04. The number of aliphatic hydroxyl groups is 1. The fraction of sp³-hybridized carbons (Fsp3) is 0.385. The lowest BCUT2D eigenvalue weighted by Gasteiger charge is -2.12. The molecule has 4 N–H and O–H groups in total. The summed E-state index contributed by atoms with van der Waals surface area (Å²) in [6.07, 6.45) is -0.0570. The standard InChI is InChI=1S/C13H17N3O3/c1-8(17)15-9-3-2-4-10(5-9)16-13(19)12-6-11(18)7-14-12/h2-5,11-12,14,18H,6-7H2,1H3,(H,15,17)(H,16,19). The minimum Gasteiger partial charge on any atom is -0.392 e. The molecule has 102 valence electrons. The Kier molecular flexibility index (Phi) is 4.13. The highest BCUT2D eigenvalue weighted by Crippen LogP contribution is 2.16. The summed E-state index contributed by atoms with van der Waals surface area (Å²) in [6, 6.07) is 6.55. The van der Waals surface area contributed by atoms with Crippen LogP contribution in [0.1, 0.15) is 13.3 Å². The van der Waals surface area contributed by atoms with E-state index in [1.54, 1.807) is 24.3 Å². The molecule has 1 fully saturated rings. The Bertz CT molecular complexity index is 490. The number of carbonyl (C=O) groups is 2. The predicted molar refractivity (Wildman–Crippen MR) is 71.8 cm³/mol. The second kappa shape index (κ2) is 5.81. The summed E-state index contributed by atoms with van der Waals surface area (Å²) < 4.78 is 0. The minimum atomic E-state index is -0.471. The van der Waals surface area contributed by atoms with Gasteiger partial charge in [0.2, 0.25) is 11.8 Å². The molecule has 19 heavy (non-hydrogen) atoms. The number of hydrogen-bond acceptors (Lipinski definition) is 4. The smallest absolute Gasteiger partial charge is 0.241 e. The molecule has 0 aliphatic carbocycles. The summed E-state index contributed by atoms with van der Waals surface area (Å²) in [5, 5.41) is 17.7. The first-order valence-electron chi connectivity index (χ1n) is 6.14. The van der Waals surface area contributed by atoms with Crippen LogP contribution in [0.25, 0.3) is 0 Å². The van der Waals surface area contributed by atoms with Gasteiger partial charge in [-0.15, -0.1) is 0 Å². The van der Waals surface area contributed by atoms with Gasteiger partial charge in [-0.3, -0.25) is 9.59 Å². The minimum absolute atomic E-state index is 0.163. The lowest BCUT2D eigenvalue weighted by atomic mass is 10.2. The number of nitrogens with one attached hydrogen (secondary N) is 3. The second-order valence-electron chi connectivity index (χ2n) is 4.60. The van der Waals surface area contributed by atoms with Gasteiger partial charge in [0, 0.05) is 24.8 Å². The third-order valence-electron chi connectivity index (χ3n) is 2.87. The first-order valence-corrected chi connectivity index (χ1v) is 6.14. The average Bonchev–Trinajstić information content (AvgIpc) is 2.75. The average molecular weight is 263 g/mol. The molecule has 6 nitrogen and oxygen atoms in total. The Morgan fingerprint density at radius 3 is 2.58 bits per heavy atom. The summed E-state index contributed by atoms with van der Waals surface area (Å²) in [5.74, 6) is -0.347. The zero-order chi connectivity index (χ0) is 13.8. The number of rotatable bonds is 3. The van der Waals surface area contributed by atoms with E-state index in [1.807, 2.05) is 0 Å². The Balaban J connectivity index is 1.98. The van der Waals surface area contributed by atoms with Gasteiger partial charge in [0.05, 0.1) is 12.1 Å². The quantitative estimate of drug-likeness (QED) is 0.631. The van der Waals surface area contributed by atoms with Crippen LogP contribution < -0.4 is 16.0 Å². The van der Waals surface area contributed by atoms with Crippen molar-refractivity contribution >= 4 is 23.2 Å². The number of β-amino-alcohol motifs (C(OH)–C–C–N with tert-alkyl or cyclic N) is 1. The number of aliphatic hydroxyl groups excluding tert-OH is 1. The zero-order valence-electron chi connectivity index (χ0n) is 10.6. The second-order valence-corrected chi connectivity index (χ2v) is 4.60. The highest BCUT2D eigenvalue weighted by molar-refractivity contribution is 5.96. The lowest BCUT2D eigenvalue weighted by Crippen LogP contribution is -2.35. The fourth-order valence-electron chi connectivity index (χ4n) is 2.02. The van der Waals surface area contributed by atoms with Gasteiger partial charge in [0.1, 0.15) is 0 Å².